The van der Waals surface area contributed by atoms with E-state index < -0.39 is 0 Å². The number of hydrogen-bond acceptors (Lipinski definition) is 2. The summed E-state index contributed by atoms with van der Waals surface area (Å²) in [5, 5.41) is 12.7. The van der Waals surface area contributed by atoms with Crippen LogP contribution in [0.5, 0.6) is 0 Å². The van der Waals surface area contributed by atoms with E-state index in [1.165, 1.54) is 44.2 Å². The molecule has 5 rings (SSSR count). The molecule has 0 aliphatic heterocycles. The van der Waals surface area contributed by atoms with Crippen LogP contribution in [-0.2, 0) is 0 Å². The van der Waals surface area contributed by atoms with E-state index in [4.69, 9.17) is 5.26 Å². The lowest BCUT2D eigenvalue weighted by Crippen LogP contribution is -2.51. The van der Waals surface area contributed by atoms with Crippen LogP contribution < -0.4 is 5.32 Å². The second-order valence-electron chi connectivity index (χ2n) is 6.90. The van der Waals surface area contributed by atoms with E-state index in [0.29, 0.717) is 11.6 Å². The van der Waals surface area contributed by atoms with Gasteiger partial charge in [0.05, 0.1) is 11.3 Å². The molecule has 3 heteroatoms. The molecule has 1 aromatic rings. The van der Waals surface area contributed by atoms with Crippen molar-refractivity contribution in [3.8, 4) is 6.07 Å². The van der Waals surface area contributed by atoms with Crippen molar-refractivity contribution < 1.29 is 4.39 Å². The predicted molar refractivity (Wildman–Crippen MR) is 75.6 cm³/mol. The molecule has 0 heterocycles. The number of hydrogen-bond donors (Lipinski definition) is 1. The van der Waals surface area contributed by atoms with Crippen LogP contribution in [-0.4, -0.2) is 6.04 Å². The first kappa shape index (κ1) is 12.2. The number of anilines is 1. The fourth-order valence-electron chi connectivity index (χ4n) is 5.08. The summed E-state index contributed by atoms with van der Waals surface area (Å²) in [5.74, 6) is 3.06. The smallest absolute Gasteiger partial charge is 0.124 e. The summed E-state index contributed by atoms with van der Waals surface area (Å²) in [6.45, 7) is 0. The molecule has 0 saturated heterocycles. The fourth-order valence-corrected chi connectivity index (χ4v) is 5.08. The molecule has 1 N–H and O–H groups in total. The SMILES string of the molecule is N#Cc1cc(F)ccc1NC1C2CC3CC(C2)CC1C3. The minimum absolute atomic E-state index is 0.336. The summed E-state index contributed by atoms with van der Waals surface area (Å²) in [4.78, 5) is 0. The molecule has 1 aromatic carbocycles. The Balaban J connectivity index is 1.59. The Labute approximate surface area is 119 Å². The molecular formula is C17H19FN2. The highest BCUT2D eigenvalue weighted by atomic mass is 19.1. The zero-order valence-electron chi connectivity index (χ0n) is 11.5. The Morgan fingerprint density at radius 3 is 2.30 bits per heavy atom. The van der Waals surface area contributed by atoms with Crippen LogP contribution >= 0.6 is 0 Å². The van der Waals surface area contributed by atoms with E-state index in [-0.39, 0.29) is 5.82 Å². The van der Waals surface area contributed by atoms with Crippen molar-refractivity contribution in [1.29, 1.82) is 5.26 Å². The average Bonchev–Trinajstić information content (AvgIpc) is 2.43. The standard InChI is InChI=1S/C17H19FN2/c18-15-1-2-16(14(8-15)9-19)20-17-12-4-10-3-11(6-12)7-13(17)5-10/h1-2,8,10-13,17,20H,3-7H2. The van der Waals surface area contributed by atoms with Crippen molar-refractivity contribution in [3.05, 3.63) is 29.6 Å². The van der Waals surface area contributed by atoms with Crippen molar-refractivity contribution in [2.75, 3.05) is 5.32 Å². The van der Waals surface area contributed by atoms with Gasteiger partial charge in [-0.05, 0) is 74.0 Å². The highest BCUT2D eigenvalue weighted by Gasteiger charge is 2.48. The number of rotatable bonds is 2. The lowest BCUT2D eigenvalue weighted by molar-refractivity contribution is 0.00753. The molecule has 0 spiro atoms. The van der Waals surface area contributed by atoms with E-state index in [0.717, 1.165) is 29.4 Å². The summed E-state index contributed by atoms with van der Waals surface area (Å²) < 4.78 is 13.2. The fraction of sp³-hybridized carbons (Fsp3) is 0.588. The molecule has 0 aromatic heterocycles. The molecule has 4 saturated carbocycles. The van der Waals surface area contributed by atoms with E-state index in [9.17, 15) is 4.39 Å². The molecule has 104 valence electrons. The van der Waals surface area contributed by atoms with Gasteiger partial charge in [0.25, 0.3) is 0 Å². The van der Waals surface area contributed by atoms with E-state index in [1.54, 1.807) is 6.07 Å². The average molecular weight is 270 g/mol. The van der Waals surface area contributed by atoms with E-state index >= 15 is 0 Å². The quantitative estimate of drug-likeness (QED) is 0.883. The van der Waals surface area contributed by atoms with Crippen LogP contribution in [0.3, 0.4) is 0 Å². The Morgan fingerprint density at radius 1 is 1.05 bits per heavy atom. The first-order chi connectivity index (χ1) is 9.72. The van der Waals surface area contributed by atoms with Gasteiger partial charge in [-0.15, -0.1) is 0 Å². The van der Waals surface area contributed by atoms with Crippen LogP contribution in [0.15, 0.2) is 18.2 Å². The Hall–Kier alpha value is -1.56. The monoisotopic (exact) mass is 270 g/mol. The van der Waals surface area contributed by atoms with Crippen LogP contribution in [0, 0.1) is 40.8 Å². The highest BCUT2D eigenvalue weighted by molar-refractivity contribution is 5.58. The zero-order valence-corrected chi connectivity index (χ0v) is 11.5. The summed E-state index contributed by atoms with van der Waals surface area (Å²) in [6, 6.07) is 7.09. The summed E-state index contributed by atoms with van der Waals surface area (Å²) >= 11 is 0. The zero-order chi connectivity index (χ0) is 13.7. The molecule has 0 unspecified atom stereocenters. The maximum atomic E-state index is 13.2. The minimum Gasteiger partial charge on any atom is -0.381 e. The summed E-state index contributed by atoms with van der Waals surface area (Å²) in [5.41, 5.74) is 1.24. The van der Waals surface area contributed by atoms with Gasteiger partial charge in [-0.1, -0.05) is 0 Å². The van der Waals surface area contributed by atoms with Crippen LogP contribution in [0.2, 0.25) is 0 Å². The third-order valence-corrected chi connectivity index (χ3v) is 5.65. The highest BCUT2D eigenvalue weighted by Crippen LogP contribution is 2.54. The van der Waals surface area contributed by atoms with Gasteiger partial charge in [0.1, 0.15) is 11.9 Å². The molecule has 4 fully saturated rings. The lowest BCUT2D eigenvalue weighted by atomic mass is 9.54. The van der Waals surface area contributed by atoms with Gasteiger partial charge in [0.2, 0.25) is 0 Å². The lowest BCUT2D eigenvalue weighted by Gasteiger charge is -2.54. The van der Waals surface area contributed by atoms with Crippen LogP contribution in [0.25, 0.3) is 0 Å². The van der Waals surface area contributed by atoms with Gasteiger partial charge < -0.3 is 5.32 Å². The largest absolute Gasteiger partial charge is 0.381 e. The van der Waals surface area contributed by atoms with Crippen molar-refractivity contribution >= 4 is 5.69 Å². The second kappa shape index (κ2) is 4.48. The van der Waals surface area contributed by atoms with Gasteiger partial charge in [-0.3, -0.25) is 0 Å². The number of halogens is 1. The van der Waals surface area contributed by atoms with Crippen LogP contribution in [0.4, 0.5) is 10.1 Å². The van der Waals surface area contributed by atoms with Crippen LogP contribution in [0.1, 0.15) is 37.7 Å². The summed E-state index contributed by atoms with van der Waals surface area (Å²) in [7, 11) is 0. The molecule has 0 radical (unpaired) electrons. The Morgan fingerprint density at radius 2 is 1.70 bits per heavy atom. The molecule has 0 amide bonds. The summed E-state index contributed by atoms with van der Waals surface area (Å²) in [6.07, 6.45) is 6.81. The topological polar surface area (TPSA) is 35.8 Å². The van der Waals surface area contributed by atoms with Crippen molar-refractivity contribution in [3.63, 3.8) is 0 Å². The normalized spacial score (nSPS) is 37.7. The maximum Gasteiger partial charge on any atom is 0.124 e. The number of nitriles is 1. The molecular weight excluding hydrogens is 251 g/mol. The number of nitrogens with zero attached hydrogens (tertiary/aromatic N) is 1. The molecule has 4 aliphatic rings. The number of nitrogens with one attached hydrogen (secondary N) is 1. The minimum atomic E-state index is -0.336. The Bertz CT molecular complexity index is 547. The van der Waals surface area contributed by atoms with Gasteiger partial charge in [-0.2, -0.15) is 5.26 Å². The molecule has 2 nitrogen and oxygen atoms in total. The third kappa shape index (κ3) is 1.90. The maximum absolute atomic E-state index is 13.2. The number of benzene rings is 1. The molecule has 4 bridgehead atoms. The predicted octanol–water partition coefficient (Wildman–Crippen LogP) is 3.93. The van der Waals surface area contributed by atoms with E-state index in [2.05, 4.69) is 11.4 Å². The third-order valence-electron chi connectivity index (χ3n) is 5.65. The van der Waals surface area contributed by atoms with Gasteiger partial charge >= 0.3 is 0 Å². The molecule has 4 aliphatic carbocycles. The Kier molecular flexibility index (Phi) is 2.73. The van der Waals surface area contributed by atoms with Gasteiger partial charge in [0, 0.05) is 6.04 Å². The molecule has 0 atom stereocenters. The van der Waals surface area contributed by atoms with Crippen molar-refractivity contribution in [2.24, 2.45) is 23.7 Å². The van der Waals surface area contributed by atoms with E-state index in [1.807, 2.05) is 0 Å². The van der Waals surface area contributed by atoms with Crippen molar-refractivity contribution in [1.82, 2.24) is 0 Å². The second-order valence-corrected chi connectivity index (χ2v) is 6.90. The first-order valence-corrected chi connectivity index (χ1v) is 7.69. The first-order valence-electron chi connectivity index (χ1n) is 7.69. The molecule has 20 heavy (non-hydrogen) atoms. The van der Waals surface area contributed by atoms with Gasteiger partial charge in [0.15, 0.2) is 0 Å². The van der Waals surface area contributed by atoms with Gasteiger partial charge in [-0.25, -0.2) is 4.39 Å². The van der Waals surface area contributed by atoms with Crippen molar-refractivity contribution in [2.45, 2.75) is 38.1 Å².